The number of nitrogens with one attached hydrogen (secondary N) is 1. The van der Waals surface area contributed by atoms with Crippen molar-refractivity contribution in [1.82, 2.24) is 14.9 Å². The van der Waals surface area contributed by atoms with Crippen LogP contribution in [0.1, 0.15) is 11.3 Å². The number of nitrogens with zero attached hydrogens (tertiary/aromatic N) is 2. The number of hydrogen-bond acceptors (Lipinski definition) is 3. The largest absolute Gasteiger partial charge is 0.496 e. The second-order valence-corrected chi connectivity index (χ2v) is 5.01. The molecule has 0 unspecified atom stereocenters. The molecule has 18 heavy (non-hydrogen) atoms. The SMILES string of the molecule is COc1cc(Br)ccc1CNCc1cn(C)cn1. The lowest BCUT2D eigenvalue weighted by atomic mass is 10.2. The molecule has 5 heteroatoms. The highest BCUT2D eigenvalue weighted by Crippen LogP contribution is 2.23. The van der Waals surface area contributed by atoms with Gasteiger partial charge in [0.25, 0.3) is 0 Å². The lowest BCUT2D eigenvalue weighted by Gasteiger charge is -2.09. The van der Waals surface area contributed by atoms with Crippen LogP contribution in [-0.2, 0) is 20.1 Å². The molecule has 2 aromatic rings. The third-order valence-corrected chi connectivity index (χ3v) is 3.12. The van der Waals surface area contributed by atoms with Gasteiger partial charge in [0.1, 0.15) is 5.75 Å². The third-order valence-electron chi connectivity index (χ3n) is 2.63. The van der Waals surface area contributed by atoms with Crippen molar-refractivity contribution in [2.45, 2.75) is 13.1 Å². The first-order valence-corrected chi connectivity index (χ1v) is 6.48. The van der Waals surface area contributed by atoms with Crippen molar-refractivity contribution in [2.75, 3.05) is 7.11 Å². The summed E-state index contributed by atoms with van der Waals surface area (Å²) in [6.45, 7) is 1.51. The van der Waals surface area contributed by atoms with Crippen LogP contribution in [0, 0.1) is 0 Å². The number of imidazole rings is 1. The van der Waals surface area contributed by atoms with E-state index in [1.807, 2.05) is 36.0 Å². The van der Waals surface area contributed by atoms with E-state index in [-0.39, 0.29) is 0 Å². The Bertz CT molecular complexity index is 525. The summed E-state index contributed by atoms with van der Waals surface area (Å²) in [5.74, 6) is 0.887. The zero-order valence-electron chi connectivity index (χ0n) is 10.5. The molecule has 0 amide bonds. The predicted molar refractivity (Wildman–Crippen MR) is 74.4 cm³/mol. The van der Waals surface area contributed by atoms with Crippen molar-refractivity contribution in [1.29, 1.82) is 0 Å². The van der Waals surface area contributed by atoms with Crippen LogP contribution in [0.2, 0.25) is 0 Å². The van der Waals surface area contributed by atoms with Crippen LogP contribution < -0.4 is 10.1 Å². The van der Waals surface area contributed by atoms with Crippen molar-refractivity contribution in [3.05, 3.63) is 46.5 Å². The molecule has 0 fully saturated rings. The van der Waals surface area contributed by atoms with Crippen LogP contribution in [0.5, 0.6) is 5.75 Å². The molecule has 2 rings (SSSR count). The zero-order chi connectivity index (χ0) is 13.0. The lowest BCUT2D eigenvalue weighted by molar-refractivity contribution is 0.407. The number of methoxy groups -OCH3 is 1. The fraction of sp³-hybridized carbons (Fsp3) is 0.308. The highest BCUT2D eigenvalue weighted by Gasteiger charge is 2.03. The summed E-state index contributed by atoms with van der Waals surface area (Å²) < 4.78 is 8.31. The monoisotopic (exact) mass is 309 g/mol. The topological polar surface area (TPSA) is 39.1 Å². The summed E-state index contributed by atoms with van der Waals surface area (Å²) in [6.07, 6.45) is 3.81. The van der Waals surface area contributed by atoms with Crippen molar-refractivity contribution < 1.29 is 4.74 Å². The molecule has 0 radical (unpaired) electrons. The Morgan fingerprint density at radius 1 is 1.39 bits per heavy atom. The molecule has 4 nitrogen and oxygen atoms in total. The van der Waals surface area contributed by atoms with Crippen LogP contribution in [0.25, 0.3) is 0 Å². The number of aryl methyl sites for hydroxylation is 1. The van der Waals surface area contributed by atoms with Gasteiger partial charge in [-0.2, -0.15) is 0 Å². The number of benzene rings is 1. The molecule has 0 atom stereocenters. The van der Waals surface area contributed by atoms with E-state index in [1.165, 1.54) is 0 Å². The first-order valence-electron chi connectivity index (χ1n) is 5.69. The van der Waals surface area contributed by atoms with Gasteiger partial charge in [-0.15, -0.1) is 0 Å². The van der Waals surface area contributed by atoms with Gasteiger partial charge < -0.3 is 14.6 Å². The van der Waals surface area contributed by atoms with Crippen molar-refractivity contribution in [3.63, 3.8) is 0 Å². The summed E-state index contributed by atoms with van der Waals surface area (Å²) in [5, 5.41) is 3.35. The maximum absolute atomic E-state index is 5.34. The van der Waals surface area contributed by atoms with Gasteiger partial charge in [-0.05, 0) is 12.1 Å². The van der Waals surface area contributed by atoms with Crippen LogP contribution in [0.15, 0.2) is 35.2 Å². The molecular weight excluding hydrogens is 294 g/mol. The summed E-state index contributed by atoms with van der Waals surface area (Å²) in [4.78, 5) is 4.27. The van der Waals surface area contributed by atoms with Gasteiger partial charge >= 0.3 is 0 Å². The van der Waals surface area contributed by atoms with E-state index in [4.69, 9.17) is 4.74 Å². The Morgan fingerprint density at radius 2 is 2.22 bits per heavy atom. The first-order chi connectivity index (χ1) is 8.69. The molecule has 0 saturated carbocycles. The average molecular weight is 310 g/mol. The Balaban J connectivity index is 1.94. The van der Waals surface area contributed by atoms with Crippen LogP contribution >= 0.6 is 15.9 Å². The number of aromatic nitrogens is 2. The van der Waals surface area contributed by atoms with Crippen LogP contribution in [-0.4, -0.2) is 16.7 Å². The average Bonchev–Trinajstić information content (AvgIpc) is 2.77. The minimum atomic E-state index is 0.750. The summed E-state index contributed by atoms with van der Waals surface area (Å²) in [6, 6.07) is 6.03. The minimum absolute atomic E-state index is 0.750. The second kappa shape index (κ2) is 6.02. The Hall–Kier alpha value is -1.33. The van der Waals surface area contributed by atoms with E-state index in [2.05, 4.69) is 26.2 Å². The van der Waals surface area contributed by atoms with Gasteiger partial charge in [-0.1, -0.05) is 22.0 Å². The van der Waals surface area contributed by atoms with Gasteiger partial charge in [0, 0.05) is 36.4 Å². The second-order valence-electron chi connectivity index (χ2n) is 4.09. The molecule has 1 aromatic carbocycles. The molecule has 96 valence electrons. The normalized spacial score (nSPS) is 10.6. The molecule has 0 saturated heterocycles. The fourth-order valence-electron chi connectivity index (χ4n) is 1.75. The lowest BCUT2D eigenvalue weighted by Crippen LogP contribution is -2.13. The van der Waals surface area contributed by atoms with Gasteiger partial charge in [-0.25, -0.2) is 4.98 Å². The summed E-state index contributed by atoms with van der Waals surface area (Å²) in [5.41, 5.74) is 2.17. The fourth-order valence-corrected chi connectivity index (χ4v) is 2.09. The van der Waals surface area contributed by atoms with Gasteiger partial charge in [0.15, 0.2) is 0 Å². The van der Waals surface area contributed by atoms with E-state index in [0.717, 1.165) is 34.6 Å². The van der Waals surface area contributed by atoms with E-state index in [1.54, 1.807) is 13.4 Å². The highest BCUT2D eigenvalue weighted by molar-refractivity contribution is 9.10. The van der Waals surface area contributed by atoms with Crippen molar-refractivity contribution in [2.24, 2.45) is 7.05 Å². The van der Waals surface area contributed by atoms with Crippen LogP contribution in [0.4, 0.5) is 0 Å². The molecule has 0 aliphatic heterocycles. The Morgan fingerprint density at radius 3 is 2.89 bits per heavy atom. The molecular formula is C13H16BrN3O. The predicted octanol–water partition coefficient (Wildman–Crippen LogP) is 2.48. The smallest absolute Gasteiger partial charge is 0.124 e. The maximum Gasteiger partial charge on any atom is 0.124 e. The van der Waals surface area contributed by atoms with Gasteiger partial charge in [0.2, 0.25) is 0 Å². The molecule has 0 spiro atoms. The van der Waals surface area contributed by atoms with E-state index >= 15 is 0 Å². The maximum atomic E-state index is 5.34. The highest BCUT2D eigenvalue weighted by atomic mass is 79.9. The first kappa shape index (κ1) is 13.1. The van der Waals surface area contributed by atoms with Crippen LogP contribution in [0.3, 0.4) is 0 Å². The standard InChI is InChI=1S/C13H16BrN3O/c1-17-8-12(16-9-17)7-15-6-10-3-4-11(14)5-13(10)18-2/h3-5,8-9,15H,6-7H2,1-2H3. The zero-order valence-corrected chi connectivity index (χ0v) is 12.1. The summed E-state index contributed by atoms with van der Waals surface area (Å²) >= 11 is 3.43. The van der Waals surface area contributed by atoms with Crippen molar-refractivity contribution in [3.8, 4) is 5.75 Å². The number of ether oxygens (including phenoxy) is 1. The van der Waals surface area contributed by atoms with E-state index in [0.29, 0.717) is 0 Å². The molecule has 1 aromatic heterocycles. The quantitative estimate of drug-likeness (QED) is 0.922. The minimum Gasteiger partial charge on any atom is -0.496 e. The van der Waals surface area contributed by atoms with E-state index in [9.17, 15) is 0 Å². The number of halogens is 1. The summed E-state index contributed by atoms with van der Waals surface area (Å²) in [7, 11) is 3.65. The third kappa shape index (κ3) is 3.34. The molecule has 0 aliphatic carbocycles. The van der Waals surface area contributed by atoms with Gasteiger partial charge in [-0.3, -0.25) is 0 Å². The Kier molecular flexibility index (Phi) is 4.38. The number of hydrogen-bond donors (Lipinski definition) is 1. The molecule has 1 N–H and O–H groups in total. The molecule has 0 aliphatic rings. The number of rotatable bonds is 5. The van der Waals surface area contributed by atoms with Gasteiger partial charge in [0.05, 0.1) is 19.1 Å². The molecule has 0 bridgehead atoms. The molecule has 1 heterocycles. The Labute approximate surface area is 115 Å². The van der Waals surface area contributed by atoms with E-state index < -0.39 is 0 Å². The van der Waals surface area contributed by atoms with Crippen molar-refractivity contribution >= 4 is 15.9 Å².